The Morgan fingerprint density at radius 2 is 1.48 bits per heavy atom. The number of para-hydroxylation sites is 3. The lowest BCUT2D eigenvalue weighted by molar-refractivity contribution is -0.106. The summed E-state index contributed by atoms with van der Waals surface area (Å²) in [5, 5.41) is 3.09. The lowest BCUT2D eigenvalue weighted by Crippen LogP contribution is -2.35. The summed E-state index contributed by atoms with van der Waals surface area (Å²) in [5.74, 6) is 0.934. The van der Waals surface area contributed by atoms with Crippen molar-refractivity contribution in [3.05, 3.63) is 126 Å². The molecule has 1 saturated carbocycles. The van der Waals surface area contributed by atoms with Gasteiger partial charge in [-0.05, 0) is 97.7 Å². The molecule has 1 fully saturated rings. The van der Waals surface area contributed by atoms with E-state index in [1.54, 1.807) is 24.3 Å². The molecule has 0 radical (unpaired) electrons. The van der Waals surface area contributed by atoms with Gasteiger partial charge in [0.05, 0.1) is 11.3 Å². The number of aldehydes is 1. The highest BCUT2D eigenvalue weighted by Gasteiger charge is 2.34. The maximum absolute atomic E-state index is 13.5. The van der Waals surface area contributed by atoms with Crippen LogP contribution in [0.25, 0.3) is 6.08 Å². The molecule has 0 spiro atoms. The van der Waals surface area contributed by atoms with Crippen molar-refractivity contribution in [1.29, 1.82) is 0 Å². The molecule has 7 nitrogen and oxygen atoms in total. The molecule has 4 aromatic rings. The second kappa shape index (κ2) is 16.6. The van der Waals surface area contributed by atoms with E-state index in [0.717, 1.165) is 41.9 Å². The first-order valence-corrected chi connectivity index (χ1v) is 16.8. The zero-order chi connectivity index (χ0) is 33.9. The molecule has 0 saturated heterocycles. The summed E-state index contributed by atoms with van der Waals surface area (Å²) in [4.78, 5) is 32.5. The number of carbonyl (C=O) groups excluding carboxylic acids is 2. The molecule has 5 rings (SSSR count). The molecule has 248 valence electrons. The number of aliphatic imine (C=N–C) groups is 1. The summed E-state index contributed by atoms with van der Waals surface area (Å²) in [7, 11) is 0. The highest BCUT2D eigenvalue weighted by molar-refractivity contribution is 5.96. The van der Waals surface area contributed by atoms with E-state index in [4.69, 9.17) is 9.47 Å². The first-order chi connectivity index (χ1) is 23.4. The number of nitrogens with one attached hydrogen (secondary N) is 1. The third-order valence-corrected chi connectivity index (χ3v) is 8.71. The molecule has 0 aliphatic heterocycles. The van der Waals surface area contributed by atoms with Gasteiger partial charge in [0.15, 0.2) is 12.0 Å². The van der Waals surface area contributed by atoms with Gasteiger partial charge >= 0.3 is 5.97 Å². The average molecular weight is 644 g/mol. The summed E-state index contributed by atoms with van der Waals surface area (Å²) >= 11 is 0. The fourth-order valence-electron chi connectivity index (χ4n) is 6.24. The molecule has 1 aliphatic rings. The van der Waals surface area contributed by atoms with Gasteiger partial charge in [0.1, 0.15) is 6.10 Å². The van der Waals surface area contributed by atoms with Crippen LogP contribution in [0.4, 0.5) is 22.7 Å². The van der Waals surface area contributed by atoms with Crippen molar-refractivity contribution in [2.75, 3.05) is 11.4 Å². The number of hydrogen-bond acceptors (Lipinski definition) is 6. The third kappa shape index (κ3) is 8.79. The second-order valence-electron chi connectivity index (χ2n) is 12.6. The smallest absolute Gasteiger partial charge is 0.340 e. The van der Waals surface area contributed by atoms with Gasteiger partial charge in [0.25, 0.3) is 6.02 Å². The number of amidine groups is 1. The van der Waals surface area contributed by atoms with Crippen LogP contribution in [0, 0.1) is 17.8 Å². The topological polar surface area (TPSA) is 80.2 Å². The van der Waals surface area contributed by atoms with Crippen molar-refractivity contribution < 1.29 is 19.1 Å². The highest BCUT2D eigenvalue weighted by Crippen LogP contribution is 2.37. The Morgan fingerprint density at radius 3 is 2.08 bits per heavy atom. The first-order valence-electron chi connectivity index (χ1n) is 16.8. The second-order valence-corrected chi connectivity index (χ2v) is 12.6. The number of anilines is 3. The number of benzene rings is 4. The summed E-state index contributed by atoms with van der Waals surface area (Å²) in [6.45, 7) is 9.00. The minimum absolute atomic E-state index is 0.0708. The molecule has 48 heavy (non-hydrogen) atoms. The number of rotatable bonds is 11. The van der Waals surface area contributed by atoms with E-state index in [-0.39, 0.29) is 17.9 Å². The summed E-state index contributed by atoms with van der Waals surface area (Å²) in [6, 6.07) is 35.4. The van der Waals surface area contributed by atoms with Crippen LogP contribution in [-0.4, -0.2) is 30.9 Å². The van der Waals surface area contributed by atoms with Crippen molar-refractivity contribution in [3.63, 3.8) is 0 Å². The standard InChI is InChI=1S/C41H45N3O4/c1-5-42-41(43-38-19-13-12-18-37(38)40(46)48-39-26-30(4)20-25-36(39)29(2)3)47-35(28-45)27-31-21-23-34(24-22-31)44(32-14-8-6-9-15-32)33-16-10-7-11-17-33/h6-19,21-24,27-30,36,39H,5,20,25-26H2,1-4H3,(H,42,43)/b35-27+. The van der Waals surface area contributed by atoms with E-state index in [1.807, 2.05) is 73.7 Å². The summed E-state index contributed by atoms with van der Waals surface area (Å²) in [6.07, 6.45) is 5.24. The molecule has 1 N–H and O–H groups in total. The first kappa shape index (κ1) is 34.2. The fourth-order valence-corrected chi connectivity index (χ4v) is 6.24. The molecule has 3 atom stereocenters. The predicted octanol–water partition coefficient (Wildman–Crippen LogP) is 9.63. The Hall–Kier alpha value is -5.17. The lowest BCUT2D eigenvalue weighted by Gasteiger charge is -2.36. The van der Waals surface area contributed by atoms with E-state index >= 15 is 0 Å². The molecule has 0 amide bonds. The Labute approximate surface area is 284 Å². The van der Waals surface area contributed by atoms with Crippen LogP contribution in [-0.2, 0) is 14.3 Å². The fraction of sp³-hybridized carbons (Fsp3) is 0.293. The number of allylic oxidation sites excluding steroid dienone is 1. The van der Waals surface area contributed by atoms with Crippen molar-refractivity contribution >= 4 is 47.1 Å². The van der Waals surface area contributed by atoms with Crippen LogP contribution >= 0.6 is 0 Å². The molecule has 1 aliphatic carbocycles. The highest BCUT2D eigenvalue weighted by atomic mass is 16.5. The number of ether oxygens (including phenoxy) is 2. The molecule has 3 unspecified atom stereocenters. The van der Waals surface area contributed by atoms with Crippen LogP contribution in [0.1, 0.15) is 62.9 Å². The van der Waals surface area contributed by atoms with E-state index in [9.17, 15) is 9.59 Å². The van der Waals surface area contributed by atoms with Gasteiger partial charge in [0, 0.05) is 23.6 Å². The van der Waals surface area contributed by atoms with E-state index in [0.29, 0.717) is 41.8 Å². The zero-order valence-corrected chi connectivity index (χ0v) is 28.2. The number of esters is 1. The number of nitrogens with zero attached hydrogens (tertiary/aromatic N) is 2. The van der Waals surface area contributed by atoms with Crippen LogP contribution in [0.2, 0.25) is 0 Å². The Bertz CT molecular complexity index is 1660. The SMILES string of the molecule is CCN/C(=N\c1ccccc1C(=O)OC1CC(C)CCC1C(C)C)O/C(C=O)=C/c1ccc(N(c2ccccc2)c2ccccc2)cc1. The van der Waals surface area contributed by atoms with Gasteiger partial charge in [-0.15, -0.1) is 0 Å². The zero-order valence-electron chi connectivity index (χ0n) is 28.2. The molecule has 4 aromatic carbocycles. The molecule has 0 heterocycles. The number of hydrogen-bond donors (Lipinski definition) is 1. The van der Waals surface area contributed by atoms with Crippen LogP contribution in [0.3, 0.4) is 0 Å². The average Bonchev–Trinajstić information content (AvgIpc) is 3.10. The largest absolute Gasteiger partial charge is 0.458 e. The Kier molecular flexibility index (Phi) is 11.8. The maximum atomic E-state index is 13.5. The van der Waals surface area contributed by atoms with Crippen molar-refractivity contribution in [2.45, 2.75) is 53.1 Å². The Morgan fingerprint density at radius 1 is 0.875 bits per heavy atom. The van der Waals surface area contributed by atoms with Gasteiger partial charge < -0.3 is 19.7 Å². The quantitative estimate of drug-likeness (QED) is 0.0438. The minimum atomic E-state index is -0.402. The third-order valence-electron chi connectivity index (χ3n) is 8.71. The van der Waals surface area contributed by atoms with Crippen LogP contribution in [0.5, 0.6) is 0 Å². The van der Waals surface area contributed by atoms with Crippen LogP contribution < -0.4 is 10.2 Å². The van der Waals surface area contributed by atoms with E-state index < -0.39 is 5.97 Å². The molecule has 0 aromatic heterocycles. The maximum Gasteiger partial charge on any atom is 0.340 e. The predicted molar refractivity (Wildman–Crippen MR) is 194 cm³/mol. The van der Waals surface area contributed by atoms with Crippen molar-refractivity contribution in [1.82, 2.24) is 5.32 Å². The summed E-state index contributed by atoms with van der Waals surface area (Å²) < 4.78 is 12.1. The molecule has 0 bridgehead atoms. The van der Waals surface area contributed by atoms with Gasteiger partial charge in [-0.3, -0.25) is 4.79 Å². The normalized spacial score (nSPS) is 18.2. The van der Waals surface area contributed by atoms with E-state index in [2.05, 4.69) is 60.2 Å². The van der Waals surface area contributed by atoms with Crippen molar-refractivity contribution in [3.8, 4) is 0 Å². The Balaban J connectivity index is 1.36. The summed E-state index contributed by atoms with van der Waals surface area (Å²) in [5.41, 5.74) is 4.58. The minimum Gasteiger partial charge on any atom is -0.458 e. The van der Waals surface area contributed by atoms with Crippen LogP contribution in [0.15, 0.2) is 120 Å². The van der Waals surface area contributed by atoms with Crippen molar-refractivity contribution in [2.24, 2.45) is 22.7 Å². The van der Waals surface area contributed by atoms with Gasteiger partial charge in [-0.2, -0.15) is 4.99 Å². The van der Waals surface area contributed by atoms with Gasteiger partial charge in [-0.1, -0.05) is 87.9 Å². The van der Waals surface area contributed by atoms with Gasteiger partial charge in [-0.25, -0.2) is 4.79 Å². The monoisotopic (exact) mass is 643 g/mol. The van der Waals surface area contributed by atoms with Gasteiger partial charge in [0.2, 0.25) is 0 Å². The molecule has 7 heteroatoms. The molecular weight excluding hydrogens is 598 g/mol. The lowest BCUT2D eigenvalue weighted by atomic mass is 9.75. The number of carbonyl (C=O) groups is 2. The molecular formula is C41H45N3O4. The van der Waals surface area contributed by atoms with E-state index in [1.165, 1.54) is 0 Å².